The topological polar surface area (TPSA) is 35.5 Å². The summed E-state index contributed by atoms with van der Waals surface area (Å²) in [6.07, 6.45) is 5.90. The second-order valence-corrected chi connectivity index (χ2v) is 5.66. The molecule has 0 radical (unpaired) electrons. The van der Waals surface area contributed by atoms with Gasteiger partial charge in [0.15, 0.2) is 6.29 Å². The zero-order chi connectivity index (χ0) is 12.4. The molecule has 5 unspecified atom stereocenters. The second kappa shape index (κ2) is 5.38. The van der Waals surface area contributed by atoms with E-state index >= 15 is 0 Å². The molecule has 0 heterocycles. The third-order valence-corrected chi connectivity index (χ3v) is 4.34. The van der Waals surface area contributed by atoms with E-state index in [2.05, 4.69) is 0 Å². The Hall–Kier alpha value is -0.570. The Balaban J connectivity index is 1.74. The first-order valence-corrected chi connectivity index (χ1v) is 6.96. The van der Waals surface area contributed by atoms with Crippen LogP contribution in [-0.2, 0) is 14.3 Å². The van der Waals surface area contributed by atoms with Gasteiger partial charge in [-0.3, -0.25) is 4.79 Å². The van der Waals surface area contributed by atoms with Crippen LogP contribution in [0.5, 0.6) is 0 Å². The van der Waals surface area contributed by atoms with E-state index in [1.165, 1.54) is 19.3 Å². The van der Waals surface area contributed by atoms with E-state index in [0.29, 0.717) is 12.0 Å². The Bertz CT molecular complexity index is 277. The zero-order valence-corrected chi connectivity index (χ0v) is 11.1. The lowest BCUT2D eigenvalue weighted by molar-refractivity contribution is -0.193. The van der Waals surface area contributed by atoms with Gasteiger partial charge in [0.05, 0.1) is 12.0 Å². The standard InChI is InChI=1S/C14H24O3/c1-4-9(2)14(15)17-10(3)16-13-8-11-5-6-12(13)7-11/h9-13H,4-8H2,1-3H3. The molecule has 2 aliphatic carbocycles. The minimum absolute atomic E-state index is 0.0268. The molecule has 0 amide bonds. The smallest absolute Gasteiger partial charge is 0.310 e. The highest BCUT2D eigenvalue weighted by atomic mass is 16.7. The van der Waals surface area contributed by atoms with Crippen LogP contribution in [0.4, 0.5) is 0 Å². The maximum atomic E-state index is 11.6. The maximum Gasteiger partial charge on any atom is 0.310 e. The van der Waals surface area contributed by atoms with Crippen molar-refractivity contribution in [2.45, 2.75) is 65.3 Å². The van der Waals surface area contributed by atoms with E-state index in [1.54, 1.807) is 0 Å². The van der Waals surface area contributed by atoms with Crippen molar-refractivity contribution in [1.82, 2.24) is 0 Å². The average molecular weight is 240 g/mol. The van der Waals surface area contributed by atoms with Crippen LogP contribution in [-0.4, -0.2) is 18.4 Å². The minimum Gasteiger partial charge on any atom is -0.436 e. The fourth-order valence-corrected chi connectivity index (χ4v) is 3.07. The molecule has 2 fully saturated rings. The van der Waals surface area contributed by atoms with Crippen LogP contribution in [0.25, 0.3) is 0 Å². The van der Waals surface area contributed by atoms with Gasteiger partial charge in [-0.05, 0) is 50.9 Å². The summed E-state index contributed by atoms with van der Waals surface area (Å²) in [5.41, 5.74) is 0. The molecular weight excluding hydrogens is 216 g/mol. The largest absolute Gasteiger partial charge is 0.436 e. The summed E-state index contributed by atoms with van der Waals surface area (Å²) in [6, 6.07) is 0. The van der Waals surface area contributed by atoms with E-state index in [0.717, 1.165) is 18.8 Å². The predicted octanol–water partition coefficient (Wildman–Crippen LogP) is 3.13. The highest BCUT2D eigenvalue weighted by molar-refractivity contribution is 5.71. The Kier molecular flexibility index (Phi) is 4.08. The van der Waals surface area contributed by atoms with Crippen molar-refractivity contribution in [2.75, 3.05) is 0 Å². The number of ether oxygens (including phenoxy) is 2. The van der Waals surface area contributed by atoms with Gasteiger partial charge in [-0.25, -0.2) is 0 Å². The molecule has 0 aliphatic heterocycles. The average Bonchev–Trinajstić information content (AvgIpc) is 2.89. The summed E-state index contributed by atoms with van der Waals surface area (Å²) < 4.78 is 11.2. The molecule has 0 aromatic heterocycles. The molecular formula is C14H24O3. The van der Waals surface area contributed by atoms with E-state index in [-0.39, 0.29) is 18.2 Å². The fraction of sp³-hybridized carbons (Fsp3) is 0.929. The third kappa shape index (κ3) is 3.01. The first-order valence-electron chi connectivity index (χ1n) is 6.96. The summed E-state index contributed by atoms with van der Waals surface area (Å²) in [5.74, 6) is 1.41. The van der Waals surface area contributed by atoms with Crippen LogP contribution >= 0.6 is 0 Å². The first kappa shape index (κ1) is 12.9. The van der Waals surface area contributed by atoms with Crippen LogP contribution in [0.15, 0.2) is 0 Å². The van der Waals surface area contributed by atoms with Crippen molar-refractivity contribution < 1.29 is 14.3 Å². The van der Waals surface area contributed by atoms with Crippen molar-refractivity contribution in [1.29, 1.82) is 0 Å². The molecule has 3 heteroatoms. The molecule has 0 N–H and O–H groups in total. The normalized spacial score (nSPS) is 34.6. The Morgan fingerprint density at radius 3 is 2.59 bits per heavy atom. The molecule has 2 bridgehead atoms. The number of hydrogen-bond acceptors (Lipinski definition) is 3. The van der Waals surface area contributed by atoms with Gasteiger partial charge in [-0.1, -0.05) is 13.8 Å². The summed E-state index contributed by atoms with van der Waals surface area (Å²) in [6.45, 7) is 5.73. The maximum absolute atomic E-state index is 11.6. The molecule has 0 aromatic carbocycles. The molecule has 2 aliphatic rings. The molecule has 2 rings (SSSR count). The van der Waals surface area contributed by atoms with Crippen LogP contribution in [0.1, 0.15) is 52.9 Å². The Labute approximate surface area is 104 Å². The molecule has 0 aromatic rings. The molecule has 0 saturated heterocycles. The monoisotopic (exact) mass is 240 g/mol. The van der Waals surface area contributed by atoms with Gasteiger partial charge in [0.25, 0.3) is 0 Å². The Morgan fingerprint density at radius 2 is 2.06 bits per heavy atom. The van der Waals surface area contributed by atoms with E-state index in [1.807, 2.05) is 20.8 Å². The molecule has 98 valence electrons. The van der Waals surface area contributed by atoms with Gasteiger partial charge in [0, 0.05) is 0 Å². The number of rotatable bonds is 5. The highest BCUT2D eigenvalue weighted by Crippen LogP contribution is 2.46. The minimum atomic E-state index is -0.388. The lowest BCUT2D eigenvalue weighted by atomic mass is 9.98. The highest BCUT2D eigenvalue weighted by Gasteiger charge is 2.41. The van der Waals surface area contributed by atoms with Crippen LogP contribution in [0, 0.1) is 17.8 Å². The fourth-order valence-electron chi connectivity index (χ4n) is 3.07. The number of carbonyl (C=O) groups excluding carboxylic acids is 1. The van der Waals surface area contributed by atoms with Crippen molar-refractivity contribution >= 4 is 5.97 Å². The molecule has 5 atom stereocenters. The molecule has 3 nitrogen and oxygen atoms in total. The summed E-state index contributed by atoms with van der Waals surface area (Å²) in [5, 5.41) is 0. The number of hydrogen-bond donors (Lipinski definition) is 0. The van der Waals surface area contributed by atoms with Crippen molar-refractivity contribution in [3.63, 3.8) is 0 Å². The van der Waals surface area contributed by atoms with Crippen molar-refractivity contribution in [2.24, 2.45) is 17.8 Å². The van der Waals surface area contributed by atoms with Gasteiger partial charge >= 0.3 is 5.97 Å². The van der Waals surface area contributed by atoms with Crippen LogP contribution < -0.4 is 0 Å². The van der Waals surface area contributed by atoms with Gasteiger partial charge in [0.1, 0.15) is 0 Å². The third-order valence-electron chi connectivity index (χ3n) is 4.34. The number of carbonyl (C=O) groups is 1. The molecule has 2 saturated carbocycles. The second-order valence-electron chi connectivity index (χ2n) is 5.66. The predicted molar refractivity (Wildman–Crippen MR) is 65.3 cm³/mol. The lowest BCUT2D eigenvalue weighted by Gasteiger charge is -2.26. The SMILES string of the molecule is CCC(C)C(=O)OC(C)OC1CC2CCC1C2. The van der Waals surface area contributed by atoms with Crippen LogP contribution in [0.2, 0.25) is 0 Å². The van der Waals surface area contributed by atoms with E-state index in [4.69, 9.17) is 9.47 Å². The van der Waals surface area contributed by atoms with E-state index < -0.39 is 0 Å². The first-order chi connectivity index (χ1) is 8.10. The lowest BCUT2D eigenvalue weighted by Crippen LogP contribution is -2.29. The van der Waals surface area contributed by atoms with Crippen molar-refractivity contribution in [3.8, 4) is 0 Å². The summed E-state index contributed by atoms with van der Waals surface area (Å²) in [7, 11) is 0. The molecule has 17 heavy (non-hydrogen) atoms. The van der Waals surface area contributed by atoms with E-state index in [9.17, 15) is 4.79 Å². The van der Waals surface area contributed by atoms with Crippen LogP contribution in [0.3, 0.4) is 0 Å². The van der Waals surface area contributed by atoms with Gasteiger partial charge < -0.3 is 9.47 Å². The molecule has 0 spiro atoms. The summed E-state index contributed by atoms with van der Waals surface area (Å²) >= 11 is 0. The van der Waals surface area contributed by atoms with Gasteiger partial charge in [0.2, 0.25) is 0 Å². The quantitative estimate of drug-likeness (QED) is 0.547. The zero-order valence-electron chi connectivity index (χ0n) is 11.1. The van der Waals surface area contributed by atoms with Crippen molar-refractivity contribution in [3.05, 3.63) is 0 Å². The van der Waals surface area contributed by atoms with Gasteiger partial charge in [-0.15, -0.1) is 0 Å². The number of esters is 1. The van der Waals surface area contributed by atoms with Gasteiger partial charge in [-0.2, -0.15) is 0 Å². The summed E-state index contributed by atoms with van der Waals surface area (Å²) in [4.78, 5) is 11.6. The Morgan fingerprint density at radius 1 is 1.29 bits per heavy atom. The number of fused-ring (bicyclic) bond motifs is 2.